The van der Waals surface area contributed by atoms with Crippen molar-refractivity contribution >= 4 is 22.9 Å². The molecule has 0 atom stereocenters. The third kappa shape index (κ3) is 2.61. The van der Waals surface area contributed by atoms with Gasteiger partial charge in [-0.2, -0.15) is 0 Å². The Morgan fingerprint density at radius 2 is 2.19 bits per heavy atom. The predicted octanol–water partition coefficient (Wildman–Crippen LogP) is 1.75. The smallest absolute Gasteiger partial charge is 0.337 e. The number of nitrogens with zero attached hydrogens (tertiary/aromatic N) is 2. The molecule has 21 heavy (non-hydrogen) atoms. The van der Waals surface area contributed by atoms with Crippen molar-refractivity contribution in [3.63, 3.8) is 0 Å². The van der Waals surface area contributed by atoms with Crippen LogP contribution in [0.5, 0.6) is 0 Å². The Morgan fingerprint density at radius 3 is 2.81 bits per heavy atom. The monoisotopic (exact) mass is 287 g/mol. The molecule has 0 saturated heterocycles. The van der Waals surface area contributed by atoms with E-state index in [4.69, 9.17) is 0 Å². The van der Waals surface area contributed by atoms with Crippen molar-refractivity contribution in [3.8, 4) is 0 Å². The van der Waals surface area contributed by atoms with Crippen LogP contribution in [0.25, 0.3) is 11.0 Å². The van der Waals surface area contributed by atoms with Crippen LogP contribution in [-0.2, 0) is 11.3 Å². The summed E-state index contributed by atoms with van der Waals surface area (Å²) in [5.74, 6) is 0.313. The number of para-hydroxylation sites is 1. The number of rotatable bonds is 5. The highest BCUT2D eigenvalue weighted by Gasteiger charge is 2.30. The first kappa shape index (κ1) is 13.6. The zero-order valence-electron chi connectivity index (χ0n) is 11.8. The summed E-state index contributed by atoms with van der Waals surface area (Å²) in [4.78, 5) is 26.9. The molecule has 6 heteroatoms. The minimum atomic E-state index is -0.963. The second-order valence-electron chi connectivity index (χ2n) is 5.36. The fourth-order valence-electron chi connectivity index (χ4n) is 2.57. The average molecular weight is 287 g/mol. The summed E-state index contributed by atoms with van der Waals surface area (Å²) in [6.45, 7) is 2.60. The van der Waals surface area contributed by atoms with Crippen molar-refractivity contribution in [1.29, 1.82) is 0 Å². The van der Waals surface area contributed by atoms with Gasteiger partial charge in [0.25, 0.3) is 0 Å². The number of nitrogens with one attached hydrogen (secondary N) is 1. The number of carbonyl (C=O) groups is 2. The van der Waals surface area contributed by atoms with Gasteiger partial charge in [0.05, 0.1) is 11.1 Å². The molecule has 2 aromatic rings. The first-order valence-corrected chi connectivity index (χ1v) is 7.05. The number of carbonyl (C=O) groups excluding carboxylic acids is 1. The summed E-state index contributed by atoms with van der Waals surface area (Å²) in [6.07, 6.45) is 2.18. The molecule has 1 aromatic carbocycles. The molecule has 3 rings (SSSR count). The van der Waals surface area contributed by atoms with E-state index in [1.165, 1.54) is 6.92 Å². The highest BCUT2D eigenvalue weighted by Crippen LogP contribution is 2.41. The standard InChI is InChI=1S/C15H17N3O3/c1-9(19)16-7-8-18-12-4-2-3-11(15(20)21)13(12)17-14(18)10-5-6-10/h2-4,10H,5-8H2,1H3,(H,16,19)(H,20,21). The van der Waals surface area contributed by atoms with Crippen LogP contribution < -0.4 is 5.32 Å². The minimum absolute atomic E-state index is 0.0707. The van der Waals surface area contributed by atoms with Gasteiger partial charge >= 0.3 is 5.97 Å². The first-order chi connectivity index (χ1) is 10.1. The average Bonchev–Trinajstić information content (AvgIpc) is 3.21. The van der Waals surface area contributed by atoms with Gasteiger partial charge in [-0.05, 0) is 25.0 Å². The van der Waals surface area contributed by atoms with Gasteiger partial charge in [-0.15, -0.1) is 0 Å². The van der Waals surface area contributed by atoms with E-state index in [2.05, 4.69) is 10.3 Å². The molecule has 0 spiro atoms. The molecule has 1 saturated carbocycles. The topological polar surface area (TPSA) is 84.2 Å². The van der Waals surface area contributed by atoms with E-state index in [1.54, 1.807) is 12.1 Å². The van der Waals surface area contributed by atoms with Gasteiger partial charge in [0.1, 0.15) is 11.3 Å². The lowest BCUT2D eigenvalue weighted by molar-refractivity contribution is -0.118. The van der Waals surface area contributed by atoms with Crippen LogP contribution in [0.3, 0.4) is 0 Å². The van der Waals surface area contributed by atoms with Crippen molar-refractivity contribution in [1.82, 2.24) is 14.9 Å². The number of imidazole rings is 1. The number of benzene rings is 1. The van der Waals surface area contributed by atoms with Crippen LogP contribution in [-0.4, -0.2) is 33.1 Å². The maximum absolute atomic E-state index is 11.3. The molecule has 1 heterocycles. The van der Waals surface area contributed by atoms with Gasteiger partial charge < -0.3 is 15.0 Å². The maximum Gasteiger partial charge on any atom is 0.337 e. The Hall–Kier alpha value is -2.37. The molecule has 1 aromatic heterocycles. The fourth-order valence-corrected chi connectivity index (χ4v) is 2.57. The zero-order valence-corrected chi connectivity index (χ0v) is 11.8. The van der Waals surface area contributed by atoms with E-state index in [0.29, 0.717) is 24.5 Å². The van der Waals surface area contributed by atoms with Crippen molar-refractivity contribution in [2.75, 3.05) is 6.54 Å². The van der Waals surface area contributed by atoms with Crippen LogP contribution in [0.4, 0.5) is 0 Å². The minimum Gasteiger partial charge on any atom is -0.478 e. The maximum atomic E-state index is 11.3. The van der Waals surface area contributed by atoms with E-state index in [9.17, 15) is 14.7 Å². The Labute approximate surface area is 121 Å². The number of carboxylic acids is 1. The lowest BCUT2D eigenvalue weighted by Crippen LogP contribution is -2.25. The molecule has 110 valence electrons. The number of aromatic carboxylic acids is 1. The molecule has 0 unspecified atom stereocenters. The number of amides is 1. The van der Waals surface area contributed by atoms with Crippen molar-refractivity contribution < 1.29 is 14.7 Å². The molecule has 2 N–H and O–H groups in total. The Kier molecular flexibility index (Phi) is 3.37. The molecule has 1 amide bonds. The quantitative estimate of drug-likeness (QED) is 0.877. The molecule has 1 fully saturated rings. The van der Waals surface area contributed by atoms with Crippen LogP contribution in [0.1, 0.15) is 41.9 Å². The normalized spacial score (nSPS) is 14.3. The van der Waals surface area contributed by atoms with Gasteiger partial charge in [0, 0.05) is 25.9 Å². The molecule has 6 nitrogen and oxygen atoms in total. The van der Waals surface area contributed by atoms with Crippen molar-refractivity contribution in [2.45, 2.75) is 32.2 Å². The summed E-state index contributed by atoms with van der Waals surface area (Å²) >= 11 is 0. The lowest BCUT2D eigenvalue weighted by Gasteiger charge is -2.09. The van der Waals surface area contributed by atoms with Gasteiger partial charge in [-0.3, -0.25) is 4.79 Å². The van der Waals surface area contributed by atoms with E-state index in [1.807, 2.05) is 10.6 Å². The van der Waals surface area contributed by atoms with Crippen LogP contribution in [0.15, 0.2) is 18.2 Å². The molecular formula is C15H17N3O3. The highest BCUT2D eigenvalue weighted by atomic mass is 16.4. The second-order valence-corrected chi connectivity index (χ2v) is 5.36. The highest BCUT2D eigenvalue weighted by molar-refractivity contribution is 6.01. The largest absolute Gasteiger partial charge is 0.478 e. The van der Waals surface area contributed by atoms with E-state index in [0.717, 1.165) is 24.2 Å². The van der Waals surface area contributed by atoms with Crippen LogP contribution in [0, 0.1) is 0 Å². The molecular weight excluding hydrogens is 270 g/mol. The number of aromatic nitrogens is 2. The van der Waals surface area contributed by atoms with E-state index in [-0.39, 0.29) is 11.5 Å². The lowest BCUT2D eigenvalue weighted by atomic mass is 10.2. The number of fused-ring (bicyclic) bond motifs is 1. The van der Waals surface area contributed by atoms with Gasteiger partial charge in [-0.1, -0.05) is 6.07 Å². The molecule has 1 aliphatic rings. The van der Waals surface area contributed by atoms with Crippen molar-refractivity contribution in [3.05, 3.63) is 29.6 Å². The van der Waals surface area contributed by atoms with Crippen LogP contribution >= 0.6 is 0 Å². The van der Waals surface area contributed by atoms with Gasteiger partial charge in [0.2, 0.25) is 5.91 Å². The summed E-state index contributed by atoms with van der Waals surface area (Å²) in [5.41, 5.74) is 1.59. The van der Waals surface area contributed by atoms with Gasteiger partial charge in [0.15, 0.2) is 0 Å². The third-order valence-corrected chi connectivity index (χ3v) is 3.69. The predicted molar refractivity (Wildman–Crippen MR) is 77.4 cm³/mol. The Morgan fingerprint density at radius 1 is 1.43 bits per heavy atom. The van der Waals surface area contributed by atoms with E-state index < -0.39 is 5.97 Å². The summed E-state index contributed by atoms with van der Waals surface area (Å²) in [6, 6.07) is 5.19. The molecule has 0 radical (unpaired) electrons. The molecule has 0 bridgehead atoms. The fraction of sp³-hybridized carbons (Fsp3) is 0.400. The third-order valence-electron chi connectivity index (χ3n) is 3.69. The Bertz CT molecular complexity index is 716. The molecule has 0 aliphatic heterocycles. The number of hydrogen-bond donors (Lipinski definition) is 2. The first-order valence-electron chi connectivity index (χ1n) is 7.05. The summed E-state index contributed by atoms with van der Waals surface area (Å²) < 4.78 is 2.04. The second kappa shape index (κ2) is 5.20. The van der Waals surface area contributed by atoms with Crippen molar-refractivity contribution in [2.24, 2.45) is 0 Å². The number of carboxylic acid groups (broad SMARTS) is 1. The summed E-state index contributed by atoms with van der Waals surface area (Å²) in [7, 11) is 0. The van der Waals surface area contributed by atoms with E-state index >= 15 is 0 Å². The number of hydrogen-bond acceptors (Lipinski definition) is 3. The SMILES string of the molecule is CC(=O)NCCn1c(C2CC2)nc2c(C(=O)O)cccc21. The Balaban J connectivity index is 2.03. The zero-order chi connectivity index (χ0) is 15.0. The van der Waals surface area contributed by atoms with Gasteiger partial charge in [-0.25, -0.2) is 9.78 Å². The van der Waals surface area contributed by atoms with Crippen LogP contribution in [0.2, 0.25) is 0 Å². The molecule has 1 aliphatic carbocycles. The summed E-state index contributed by atoms with van der Waals surface area (Å²) in [5, 5.41) is 12.0.